The number of nitriles is 1. The van der Waals surface area contributed by atoms with Gasteiger partial charge in [-0.1, -0.05) is 13.8 Å². The summed E-state index contributed by atoms with van der Waals surface area (Å²) in [5.41, 5.74) is -8.48. The molecule has 0 aromatic heterocycles. The normalized spacial score (nSPS) is 19.4. The molecule has 172 valence electrons. The summed E-state index contributed by atoms with van der Waals surface area (Å²) in [5.74, 6) is -0.427. The largest absolute Gasteiger partial charge is 0.534 e. The van der Waals surface area contributed by atoms with Crippen LogP contribution in [0.1, 0.15) is 44.7 Å². The van der Waals surface area contributed by atoms with Gasteiger partial charge in [0.15, 0.2) is 0 Å². The van der Waals surface area contributed by atoms with Crippen molar-refractivity contribution in [3.05, 3.63) is 41.2 Å². The summed E-state index contributed by atoms with van der Waals surface area (Å²) in [6.45, 7) is 4.75. The van der Waals surface area contributed by atoms with Gasteiger partial charge in [-0.25, -0.2) is 0 Å². The molecular weight excluding hydrogens is 450 g/mol. The molecule has 1 aromatic carbocycles. The topological polar surface area (TPSA) is 70.4 Å². The number of allylic oxidation sites excluding steroid dienone is 1. The maximum absolute atomic E-state index is 13.4. The van der Waals surface area contributed by atoms with Crippen LogP contribution >= 0.6 is 0 Å². The number of hydrogen-bond acceptors (Lipinski definition) is 5. The zero-order valence-electron chi connectivity index (χ0n) is 16.8. The first-order valence-electron chi connectivity index (χ1n) is 9.15. The number of anilines is 1. The highest BCUT2D eigenvalue weighted by atomic mass is 32.2. The van der Waals surface area contributed by atoms with Crippen LogP contribution in [-0.2, 0) is 20.5 Å². The van der Waals surface area contributed by atoms with Crippen LogP contribution in [0.5, 0.6) is 0 Å². The first kappa shape index (κ1) is 24.8. The Bertz CT molecular complexity index is 1010. The quantitative estimate of drug-likeness (QED) is 0.330. The molecule has 12 heteroatoms. The molecule has 0 bridgehead atoms. The van der Waals surface area contributed by atoms with E-state index in [2.05, 4.69) is 4.18 Å². The third kappa shape index (κ3) is 4.92. The average Bonchev–Trinajstić information content (AvgIpc) is 2.63. The van der Waals surface area contributed by atoms with Crippen LogP contribution in [0.15, 0.2) is 30.0 Å². The molecule has 0 fully saturated rings. The molecule has 0 radical (unpaired) electrons. The van der Waals surface area contributed by atoms with Crippen molar-refractivity contribution in [3.8, 4) is 6.07 Å². The summed E-state index contributed by atoms with van der Waals surface area (Å²) in [6.07, 6.45) is -3.04. The Kier molecular flexibility index (Phi) is 6.62. The summed E-state index contributed by atoms with van der Waals surface area (Å²) in [7, 11) is -5.90. The zero-order valence-corrected chi connectivity index (χ0v) is 17.6. The van der Waals surface area contributed by atoms with E-state index in [1.165, 1.54) is 37.0 Å². The Morgan fingerprint density at radius 1 is 1.23 bits per heavy atom. The van der Waals surface area contributed by atoms with E-state index in [1.807, 2.05) is 0 Å². The van der Waals surface area contributed by atoms with E-state index in [9.17, 15) is 34.8 Å². The van der Waals surface area contributed by atoms with Gasteiger partial charge in [-0.2, -0.15) is 40.0 Å². The molecule has 0 aliphatic heterocycles. The van der Waals surface area contributed by atoms with Gasteiger partial charge in [0.1, 0.15) is 5.76 Å². The molecule has 0 saturated heterocycles. The Morgan fingerprint density at radius 3 is 2.32 bits per heavy atom. The fourth-order valence-electron chi connectivity index (χ4n) is 3.64. The molecule has 0 N–H and O–H groups in total. The summed E-state index contributed by atoms with van der Waals surface area (Å²) >= 11 is 0. The van der Waals surface area contributed by atoms with Crippen molar-refractivity contribution < 1.29 is 38.9 Å². The second-order valence-corrected chi connectivity index (χ2v) is 9.03. The van der Waals surface area contributed by atoms with E-state index in [4.69, 9.17) is 5.26 Å². The predicted molar refractivity (Wildman–Crippen MR) is 100 cm³/mol. The summed E-state index contributed by atoms with van der Waals surface area (Å²) in [5, 5.41) is 8.97. The van der Waals surface area contributed by atoms with Gasteiger partial charge in [0.25, 0.3) is 0 Å². The van der Waals surface area contributed by atoms with Crippen molar-refractivity contribution in [2.45, 2.75) is 51.3 Å². The molecule has 0 saturated carbocycles. The second-order valence-electron chi connectivity index (χ2n) is 7.49. The van der Waals surface area contributed by atoms with E-state index in [-0.39, 0.29) is 18.7 Å². The van der Waals surface area contributed by atoms with Gasteiger partial charge in [0.2, 0.25) is 0 Å². The van der Waals surface area contributed by atoms with Crippen LogP contribution in [0.3, 0.4) is 0 Å². The third-order valence-corrected chi connectivity index (χ3v) is 6.16. The highest BCUT2D eigenvalue weighted by molar-refractivity contribution is 7.87. The lowest BCUT2D eigenvalue weighted by Gasteiger charge is -2.45. The van der Waals surface area contributed by atoms with Crippen LogP contribution in [-0.4, -0.2) is 26.5 Å². The van der Waals surface area contributed by atoms with Gasteiger partial charge >= 0.3 is 21.8 Å². The summed E-state index contributed by atoms with van der Waals surface area (Å²) in [6, 6.07) is 3.97. The molecule has 1 aliphatic carbocycles. The van der Waals surface area contributed by atoms with E-state index >= 15 is 0 Å². The lowest BCUT2D eigenvalue weighted by Crippen LogP contribution is -2.49. The van der Waals surface area contributed by atoms with Crippen LogP contribution in [0.4, 0.5) is 32.0 Å². The lowest BCUT2D eigenvalue weighted by molar-refractivity contribution is -0.137. The minimum atomic E-state index is -5.90. The maximum atomic E-state index is 13.4. The number of hydrogen-bond donors (Lipinski definition) is 0. The molecule has 0 heterocycles. The molecule has 5 nitrogen and oxygen atoms in total. The van der Waals surface area contributed by atoms with Crippen LogP contribution in [0.2, 0.25) is 0 Å². The fraction of sp³-hybridized carbons (Fsp3) is 0.526. The highest BCUT2D eigenvalue weighted by Gasteiger charge is 2.51. The SMILES string of the molecule is CCN(c1ccc(C#N)c(C(F)(F)F)c1)C1CCC=C(OS(=O)(=O)C(F)(F)F)C1(C)C. The molecule has 0 amide bonds. The van der Waals surface area contributed by atoms with Crippen molar-refractivity contribution >= 4 is 15.8 Å². The second kappa shape index (κ2) is 8.26. The zero-order chi connectivity index (χ0) is 23.8. The van der Waals surface area contributed by atoms with Crippen LogP contribution in [0.25, 0.3) is 0 Å². The van der Waals surface area contributed by atoms with E-state index in [0.717, 1.165) is 12.1 Å². The van der Waals surface area contributed by atoms with Gasteiger partial charge < -0.3 is 9.08 Å². The van der Waals surface area contributed by atoms with Gasteiger partial charge in [-0.05, 0) is 44.0 Å². The van der Waals surface area contributed by atoms with Crippen molar-refractivity contribution in [3.63, 3.8) is 0 Å². The number of rotatable bonds is 5. The van der Waals surface area contributed by atoms with Crippen molar-refractivity contribution in [1.29, 1.82) is 5.26 Å². The van der Waals surface area contributed by atoms with Crippen molar-refractivity contribution in [2.24, 2.45) is 5.41 Å². The number of benzene rings is 1. The lowest BCUT2D eigenvalue weighted by atomic mass is 9.75. The maximum Gasteiger partial charge on any atom is 0.534 e. The highest BCUT2D eigenvalue weighted by Crippen LogP contribution is 2.44. The first-order valence-corrected chi connectivity index (χ1v) is 10.6. The molecule has 31 heavy (non-hydrogen) atoms. The van der Waals surface area contributed by atoms with Crippen LogP contribution in [0, 0.1) is 16.7 Å². The smallest absolute Gasteiger partial charge is 0.380 e. The average molecular weight is 470 g/mol. The van der Waals surface area contributed by atoms with Gasteiger partial charge in [-0.15, -0.1) is 0 Å². The molecule has 1 aromatic rings. The van der Waals surface area contributed by atoms with Gasteiger partial charge in [-0.3, -0.25) is 0 Å². The first-order chi connectivity index (χ1) is 14.1. The standard InChI is InChI=1S/C19H20F6N2O3S/c1-4-27(13-9-8-12(11-26)14(10-13)18(20,21)22)15-6-5-7-16(17(15,2)3)30-31(28,29)19(23,24)25/h7-10,15H,4-6H2,1-3H3. The molecule has 1 atom stereocenters. The van der Waals surface area contributed by atoms with Crippen molar-refractivity contribution in [1.82, 2.24) is 0 Å². The minimum Gasteiger partial charge on any atom is -0.380 e. The number of nitrogens with zero attached hydrogens (tertiary/aromatic N) is 2. The summed E-state index contributed by atoms with van der Waals surface area (Å²) < 4.78 is 106. The Hall–Kier alpha value is -2.42. The molecule has 0 spiro atoms. The van der Waals surface area contributed by atoms with E-state index in [0.29, 0.717) is 6.42 Å². The summed E-state index contributed by atoms with van der Waals surface area (Å²) in [4.78, 5) is 1.53. The third-order valence-electron chi connectivity index (χ3n) is 5.20. The minimum absolute atomic E-state index is 0.104. The molecule has 2 rings (SSSR count). The fourth-order valence-corrected chi connectivity index (χ4v) is 4.25. The monoisotopic (exact) mass is 470 g/mol. The van der Waals surface area contributed by atoms with Crippen molar-refractivity contribution in [2.75, 3.05) is 11.4 Å². The molecule has 1 unspecified atom stereocenters. The number of alkyl halides is 6. The Labute approximate surface area is 176 Å². The predicted octanol–water partition coefficient (Wildman–Crippen LogP) is 5.34. The Morgan fingerprint density at radius 2 is 1.84 bits per heavy atom. The van der Waals surface area contributed by atoms with Gasteiger partial charge in [0, 0.05) is 23.7 Å². The van der Waals surface area contributed by atoms with Crippen LogP contribution < -0.4 is 4.90 Å². The molecular formula is C19H20F6N2O3S. The Balaban J connectivity index is 2.48. The molecule has 1 aliphatic rings. The van der Waals surface area contributed by atoms with Gasteiger partial charge in [0.05, 0.1) is 17.2 Å². The number of halogens is 6. The van der Waals surface area contributed by atoms with E-state index in [1.54, 1.807) is 6.92 Å². The van der Waals surface area contributed by atoms with E-state index < -0.39 is 50.1 Å².